The first-order valence-corrected chi connectivity index (χ1v) is 13.1. The Kier molecular flexibility index (Phi) is 8.59. The van der Waals surface area contributed by atoms with Crippen LogP contribution in [0.3, 0.4) is 0 Å². The fourth-order valence-electron chi connectivity index (χ4n) is 7.61. The summed E-state index contributed by atoms with van der Waals surface area (Å²) in [4.78, 5) is 0. The quantitative estimate of drug-likeness (QED) is 0.337. The van der Waals surface area contributed by atoms with Crippen molar-refractivity contribution in [3.63, 3.8) is 0 Å². The Morgan fingerprint density at radius 1 is 0.310 bits per heavy atom. The number of hydrogen-bond acceptors (Lipinski definition) is 0. The van der Waals surface area contributed by atoms with Gasteiger partial charge in [-0.1, -0.05) is 75.0 Å². The van der Waals surface area contributed by atoms with Crippen LogP contribution in [0.15, 0.2) is 0 Å². The fraction of sp³-hybridized carbons (Fsp3) is 0.857. The molecule has 8 rings (SSSR count). The minimum absolute atomic E-state index is 0. The van der Waals surface area contributed by atoms with E-state index in [1.165, 1.54) is 128 Å². The average Bonchev–Trinajstić information content (AvgIpc) is 3.63. The Morgan fingerprint density at radius 3 is 0.517 bits per heavy atom. The molecule has 1 radical (unpaired) electrons. The van der Waals surface area contributed by atoms with Gasteiger partial charge in [-0.05, 0) is 0 Å². The molecule has 0 amide bonds. The van der Waals surface area contributed by atoms with Crippen molar-refractivity contribution < 1.29 is 18.6 Å². The number of fused-ring (bicyclic) bond motifs is 8. The molecule has 8 bridgehead atoms. The van der Waals surface area contributed by atoms with E-state index in [4.69, 9.17) is 0 Å². The number of hydrogen-bond donors (Lipinski definition) is 0. The van der Waals surface area contributed by atoms with Crippen molar-refractivity contribution in [1.82, 2.24) is 0 Å². The van der Waals surface area contributed by atoms with Crippen molar-refractivity contribution in [3.8, 4) is 0 Å². The summed E-state index contributed by atoms with van der Waals surface area (Å²) in [5.41, 5.74) is 0. The summed E-state index contributed by atoms with van der Waals surface area (Å²) in [5.74, 6) is 12.0. The van der Waals surface area contributed by atoms with E-state index >= 15 is 0 Å². The van der Waals surface area contributed by atoms with Gasteiger partial charge in [0.25, 0.3) is 0 Å². The molecule has 8 aliphatic carbocycles. The van der Waals surface area contributed by atoms with Crippen LogP contribution in [0.25, 0.3) is 0 Å². The topological polar surface area (TPSA) is 0 Å². The third-order valence-corrected chi connectivity index (χ3v) is 9.56. The summed E-state index contributed by atoms with van der Waals surface area (Å²) < 4.78 is 0. The van der Waals surface area contributed by atoms with Gasteiger partial charge in [-0.25, -0.2) is 0 Å². The molecule has 8 saturated carbocycles. The van der Waals surface area contributed by atoms with E-state index in [0.29, 0.717) is 0 Å². The van der Waals surface area contributed by atoms with Gasteiger partial charge in [-0.2, -0.15) is 77.0 Å². The predicted octanol–water partition coefficient (Wildman–Crippen LogP) is 8.62. The van der Waals surface area contributed by atoms with Crippen LogP contribution < -0.4 is 0 Å². The summed E-state index contributed by atoms with van der Waals surface area (Å²) in [6.45, 7) is 0. The summed E-state index contributed by atoms with van der Waals surface area (Å²) >= 11 is 0. The molecule has 0 aromatic heterocycles. The molecule has 0 nitrogen and oxygen atoms in total. The van der Waals surface area contributed by atoms with Crippen LogP contribution in [0, 0.1) is 47.3 Å². The maximum atomic E-state index is 1.87. The molecule has 0 aliphatic heterocycles. The zero-order chi connectivity index (χ0) is 18.8. The molecule has 0 spiro atoms. The van der Waals surface area contributed by atoms with Crippen LogP contribution in [0.4, 0.5) is 0 Å². The van der Waals surface area contributed by atoms with Crippen LogP contribution in [0.2, 0.25) is 0 Å². The fourth-order valence-corrected chi connectivity index (χ4v) is 7.61. The molecule has 1 heteroatoms. The van der Waals surface area contributed by atoms with Gasteiger partial charge < -0.3 is 23.7 Å². The zero-order valence-corrected chi connectivity index (χ0v) is 20.3. The first-order valence-electron chi connectivity index (χ1n) is 13.1. The first kappa shape index (κ1) is 22.8. The standard InChI is InChI=1S/4C7H11.V/c4*1-2-7-4-3-6(1)5-7;/h4*6H,1-5H2;/q4*-1;+4. The van der Waals surface area contributed by atoms with Crippen molar-refractivity contribution in [2.24, 2.45) is 23.7 Å². The van der Waals surface area contributed by atoms with Crippen molar-refractivity contribution >= 4 is 0 Å². The minimum atomic E-state index is 0. The Bertz CT molecular complexity index is 327. The molecule has 8 aliphatic rings. The summed E-state index contributed by atoms with van der Waals surface area (Å²) in [6.07, 6.45) is 30.0. The van der Waals surface area contributed by atoms with E-state index in [-0.39, 0.29) is 18.6 Å². The van der Waals surface area contributed by atoms with E-state index in [1.54, 1.807) is 0 Å². The van der Waals surface area contributed by atoms with Crippen LogP contribution >= 0.6 is 0 Å². The molecule has 0 N–H and O–H groups in total. The molecule has 8 fully saturated rings. The molecule has 0 atom stereocenters. The van der Waals surface area contributed by atoms with Gasteiger partial charge in [0.2, 0.25) is 0 Å². The van der Waals surface area contributed by atoms with Crippen LogP contribution in [0.5, 0.6) is 0 Å². The maximum absolute atomic E-state index is 1.87. The summed E-state index contributed by atoms with van der Waals surface area (Å²) in [5, 5.41) is 0. The van der Waals surface area contributed by atoms with Crippen molar-refractivity contribution in [2.75, 3.05) is 0 Å². The SMILES string of the molecule is C1CC2CC[C-]1C2.C1CC2CC[C-]1C2.C1CC2CC[C-]1C2.C1CC2CC[C-]1C2.[V+4]. The van der Waals surface area contributed by atoms with Crippen molar-refractivity contribution in [3.05, 3.63) is 23.7 Å². The van der Waals surface area contributed by atoms with E-state index in [1.807, 2.05) is 23.7 Å². The molecular weight excluding hydrogens is 387 g/mol. The Hall–Kier alpha value is 0.584. The van der Waals surface area contributed by atoms with Crippen LogP contribution in [-0.4, -0.2) is 0 Å². The van der Waals surface area contributed by atoms with E-state index in [0.717, 1.165) is 23.7 Å². The molecule has 161 valence electrons. The molecule has 0 aromatic rings. The van der Waals surface area contributed by atoms with Crippen LogP contribution in [0.1, 0.15) is 128 Å². The Morgan fingerprint density at radius 2 is 0.483 bits per heavy atom. The minimum Gasteiger partial charge on any atom is -0.313 e. The molecule has 0 heterocycles. The second-order valence-electron chi connectivity index (χ2n) is 11.6. The maximum Gasteiger partial charge on any atom is 4.00 e. The van der Waals surface area contributed by atoms with Crippen molar-refractivity contribution in [2.45, 2.75) is 128 Å². The van der Waals surface area contributed by atoms with Gasteiger partial charge in [-0.15, -0.1) is 0 Å². The van der Waals surface area contributed by atoms with Gasteiger partial charge in [0.1, 0.15) is 0 Å². The van der Waals surface area contributed by atoms with Gasteiger partial charge in [-0.3, -0.25) is 0 Å². The largest absolute Gasteiger partial charge is 4.00 e. The smallest absolute Gasteiger partial charge is 0.313 e. The third-order valence-electron chi connectivity index (χ3n) is 9.56. The van der Waals surface area contributed by atoms with Gasteiger partial charge >= 0.3 is 18.6 Å². The van der Waals surface area contributed by atoms with Gasteiger partial charge in [0.05, 0.1) is 0 Å². The first-order chi connectivity index (χ1) is 13.8. The number of rotatable bonds is 0. The molecule has 0 saturated heterocycles. The predicted molar refractivity (Wildman–Crippen MR) is 119 cm³/mol. The average molecular weight is 432 g/mol. The molecule has 0 aromatic carbocycles. The van der Waals surface area contributed by atoms with Gasteiger partial charge in [0.15, 0.2) is 0 Å². The second-order valence-corrected chi connectivity index (χ2v) is 11.6. The normalized spacial score (nSPS) is 31.4. The van der Waals surface area contributed by atoms with E-state index < -0.39 is 0 Å². The third kappa shape index (κ3) is 6.31. The summed E-state index contributed by atoms with van der Waals surface area (Å²) in [7, 11) is 0. The Balaban J connectivity index is 0.0000000931. The van der Waals surface area contributed by atoms with E-state index in [9.17, 15) is 0 Å². The van der Waals surface area contributed by atoms with Gasteiger partial charge in [0, 0.05) is 0 Å². The van der Waals surface area contributed by atoms with Crippen LogP contribution in [-0.2, 0) is 18.6 Å². The second kappa shape index (κ2) is 10.9. The Labute approximate surface area is 194 Å². The molecule has 29 heavy (non-hydrogen) atoms. The van der Waals surface area contributed by atoms with E-state index in [2.05, 4.69) is 0 Å². The summed E-state index contributed by atoms with van der Waals surface area (Å²) in [6, 6.07) is 0. The monoisotopic (exact) mass is 431 g/mol. The zero-order valence-electron chi connectivity index (χ0n) is 18.9. The molecule has 0 unspecified atom stereocenters. The molecular formula is C28H44V. The van der Waals surface area contributed by atoms with Crippen molar-refractivity contribution in [1.29, 1.82) is 0 Å².